The molecule has 0 saturated carbocycles. The van der Waals surface area contributed by atoms with Crippen molar-refractivity contribution in [3.05, 3.63) is 9.47 Å². The monoisotopic (exact) mass is 310 g/mol. The van der Waals surface area contributed by atoms with Gasteiger partial charge in [-0.15, -0.1) is 0 Å². The molecule has 0 aromatic rings. The lowest BCUT2D eigenvalue weighted by atomic mass is 9.98. The van der Waals surface area contributed by atoms with E-state index in [9.17, 15) is 4.79 Å². The van der Waals surface area contributed by atoms with Crippen LogP contribution in [0.4, 0.5) is 0 Å². The van der Waals surface area contributed by atoms with Crippen molar-refractivity contribution in [2.45, 2.75) is 18.6 Å². The number of ether oxygens (including phenoxy) is 2. The maximum absolute atomic E-state index is 11.0. The number of hydrogen-bond acceptors (Lipinski definition) is 3. The molecule has 72 valence electrons. The lowest BCUT2D eigenvalue weighted by molar-refractivity contribution is -0.142. The second kappa shape index (κ2) is 3.71. The average molecular weight is 312 g/mol. The van der Waals surface area contributed by atoms with E-state index in [-0.39, 0.29) is 24.1 Å². The summed E-state index contributed by atoms with van der Waals surface area (Å²) in [4.78, 5) is 11.0. The molecule has 0 radical (unpaired) electrons. The highest BCUT2D eigenvalue weighted by molar-refractivity contribution is 9.28. The van der Waals surface area contributed by atoms with Crippen LogP contribution in [0, 0.1) is 5.92 Å². The SMILES string of the molecule is O=C1C[C@H]2[C@H](CO[C@@H]2C=C(Br)Br)O1. The van der Waals surface area contributed by atoms with Gasteiger partial charge in [-0.1, -0.05) is 0 Å². The number of carbonyl (C=O) groups excluding carboxylic acids is 1. The first kappa shape index (κ1) is 9.68. The summed E-state index contributed by atoms with van der Waals surface area (Å²) in [6, 6.07) is 0. The quantitative estimate of drug-likeness (QED) is 0.694. The zero-order chi connectivity index (χ0) is 9.42. The zero-order valence-electron chi connectivity index (χ0n) is 6.70. The van der Waals surface area contributed by atoms with E-state index in [2.05, 4.69) is 31.9 Å². The van der Waals surface area contributed by atoms with Crippen LogP contribution in [0.2, 0.25) is 0 Å². The summed E-state index contributed by atoms with van der Waals surface area (Å²) in [5, 5.41) is 0. The highest BCUT2D eigenvalue weighted by atomic mass is 79.9. The number of carbonyl (C=O) groups is 1. The second-order valence-electron chi connectivity index (χ2n) is 3.15. The van der Waals surface area contributed by atoms with Gasteiger partial charge in [-0.2, -0.15) is 0 Å². The maximum Gasteiger partial charge on any atom is 0.306 e. The Morgan fingerprint density at radius 1 is 1.54 bits per heavy atom. The highest BCUT2D eigenvalue weighted by Crippen LogP contribution is 2.35. The maximum atomic E-state index is 11.0. The number of esters is 1. The summed E-state index contributed by atoms with van der Waals surface area (Å²) in [5.41, 5.74) is 0. The van der Waals surface area contributed by atoms with Crippen LogP contribution in [-0.2, 0) is 14.3 Å². The van der Waals surface area contributed by atoms with Gasteiger partial charge in [-0.05, 0) is 37.9 Å². The molecule has 0 spiro atoms. The Kier molecular flexibility index (Phi) is 2.76. The van der Waals surface area contributed by atoms with E-state index < -0.39 is 0 Å². The van der Waals surface area contributed by atoms with Gasteiger partial charge in [0.15, 0.2) is 0 Å². The average Bonchev–Trinajstić information content (AvgIpc) is 2.51. The van der Waals surface area contributed by atoms with Crippen LogP contribution in [0.25, 0.3) is 0 Å². The van der Waals surface area contributed by atoms with Crippen LogP contribution in [-0.4, -0.2) is 24.8 Å². The van der Waals surface area contributed by atoms with Gasteiger partial charge < -0.3 is 9.47 Å². The molecule has 0 unspecified atom stereocenters. The Bertz CT molecular complexity index is 260. The third-order valence-electron chi connectivity index (χ3n) is 2.33. The van der Waals surface area contributed by atoms with E-state index in [1.807, 2.05) is 6.08 Å². The fourth-order valence-corrected chi connectivity index (χ4v) is 2.26. The Morgan fingerprint density at radius 3 is 3.00 bits per heavy atom. The van der Waals surface area contributed by atoms with Crippen molar-refractivity contribution in [2.24, 2.45) is 5.92 Å². The van der Waals surface area contributed by atoms with Gasteiger partial charge in [0.05, 0.1) is 22.5 Å². The van der Waals surface area contributed by atoms with Gasteiger partial charge in [-0.25, -0.2) is 0 Å². The molecule has 2 aliphatic heterocycles. The summed E-state index contributed by atoms with van der Waals surface area (Å²) < 4.78 is 11.4. The molecule has 2 saturated heterocycles. The predicted octanol–water partition coefficient (Wildman–Crippen LogP) is 1.95. The molecule has 0 bridgehead atoms. The van der Waals surface area contributed by atoms with E-state index in [4.69, 9.17) is 9.47 Å². The van der Waals surface area contributed by atoms with Crippen molar-refractivity contribution in [1.29, 1.82) is 0 Å². The largest absolute Gasteiger partial charge is 0.459 e. The first-order valence-electron chi connectivity index (χ1n) is 4.01. The Labute approximate surface area is 92.7 Å². The third-order valence-corrected chi connectivity index (χ3v) is 2.86. The molecule has 13 heavy (non-hydrogen) atoms. The molecule has 3 nitrogen and oxygen atoms in total. The van der Waals surface area contributed by atoms with Gasteiger partial charge >= 0.3 is 5.97 Å². The van der Waals surface area contributed by atoms with Crippen molar-refractivity contribution >= 4 is 37.8 Å². The molecule has 2 aliphatic rings. The van der Waals surface area contributed by atoms with Crippen molar-refractivity contribution in [3.8, 4) is 0 Å². The normalized spacial score (nSPS) is 37.1. The fourth-order valence-electron chi connectivity index (χ4n) is 1.74. The standard InChI is InChI=1S/C8H8Br2O3/c9-7(10)2-5-4-1-8(11)13-6(4)3-12-5/h2,4-6H,1,3H2/t4-,5-,6+/m1/s1. The summed E-state index contributed by atoms with van der Waals surface area (Å²) in [7, 11) is 0. The van der Waals surface area contributed by atoms with Crippen molar-refractivity contribution in [2.75, 3.05) is 6.61 Å². The minimum Gasteiger partial charge on any atom is -0.459 e. The fraction of sp³-hybridized carbons (Fsp3) is 0.625. The van der Waals surface area contributed by atoms with Gasteiger partial charge in [0.25, 0.3) is 0 Å². The first-order chi connectivity index (χ1) is 6.16. The summed E-state index contributed by atoms with van der Waals surface area (Å²) in [5.74, 6) is 0.0833. The zero-order valence-corrected chi connectivity index (χ0v) is 9.88. The number of halogens is 2. The number of rotatable bonds is 1. The predicted molar refractivity (Wildman–Crippen MR) is 53.7 cm³/mol. The minimum atomic E-state index is -0.109. The van der Waals surface area contributed by atoms with E-state index >= 15 is 0 Å². The molecular weight excluding hydrogens is 304 g/mol. The van der Waals surface area contributed by atoms with Crippen LogP contribution in [0.3, 0.4) is 0 Å². The molecular formula is C8H8Br2O3. The van der Waals surface area contributed by atoms with Crippen LogP contribution in [0.1, 0.15) is 6.42 Å². The van der Waals surface area contributed by atoms with Crippen LogP contribution < -0.4 is 0 Å². The molecule has 2 heterocycles. The Hall–Kier alpha value is 0.130. The van der Waals surface area contributed by atoms with Gasteiger partial charge in [-0.3, -0.25) is 4.79 Å². The topological polar surface area (TPSA) is 35.5 Å². The molecule has 2 rings (SSSR count). The van der Waals surface area contributed by atoms with Crippen LogP contribution in [0.15, 0.2) is 9.47 Å². The molecule has 0 aromatic carbocycles. The smallest absolute Gasteiger partial charge is 0.306 e. The summed E-state index contributed by atoms with van der Waals surface area (Å²) >= 11 is 6.54. The van der Waals surface area contributed by atoms with Crippen molar-refractivity contribution in [1.82, 2.24) is 0 Å². The molecule has 5 heteroatoms. The Morgan fingerprint density at radius 2 is 2.31 bits per heavy atom. The highest BCUT2D eigenvalue weighted by Gasteiger charge is 2.45. The molecule has 0 aromatic heterocycles. The lowest BCUT2D eigenvalue weighted by Gasteiger charge is -2.09. The minimum absolute atomic E-state index is 0.00907. The van der Waals surface area contributed by atoms with Crippen molar-refractivity contribution < 1.29 is 14.3 Å². The van der Waals surface area contributed by atoms with Gasteiger partial charge in [0, 0.05) is 5.92 Å². The first-order valence-corrected chi connectivity index (χ1v) is 5.59. The van der Waals surface area contributed by atoms with Crippen molar-refractivity contribution in [3.63, 3.8) is 0 Å². The van der Waals surface area contributed by atoms with E-state index in [1.165, 1.54) is 0 Å². The van der Waals surface area contributed by atoms with Gasteiger partial charge in [0.2, 0.25) is 0 Å². The number of hydrogen-bond donors (Lipinski definition) is 0. The van der Waals surface area contributed by atoms with E-state index in [0.29, 0.717) is 13.0 Å². The van der Waals surface area contributed by atoms with Gasteiger partial charge in [0.1, 0.15) is 6.10 Å². The Balaban J connectivity index is 2.08. The third kappa shape index (κ3) is 1.97. The van der Waals surface area contributed by atoms with Crippen LogP contribution in [0.5, 0.6) is 0 Å². The van der Waals surface area contributed by atoms with E-state index in [1.54, 1.807) is 0 Å². The lowest BCUT2D eigenvalue weighted by Crippen LogP contribution is -2.17. The molecule has 0 aliphatic carbocycles. The van der Waals surface area contributed by atoms with E-state index in [0.717, 1.165) is 3.39 Å². The molecule has 2 fully saturated rings. The second-order valence-corrected chi connectivity index (χ2v) is 5.92. The molecule has 0 amide bonds. The summed E-state index contributed by atoms with van der Waals surface area (Å²) in [6.45, 7) is 0.519. The molecule has 3 atom stereocenters. The van der Waals surface area contributed by atoms with Crippen LogP contribution >= 0.6 is 31.9 Å². The summed E-state index contributed by atoms with van der Waals surface area (Å²) in [6.07, 6.45) is 2.34. The number of fused-ring (bicyclic) bond motifs is 1. The molecule has 0 N–H and O–H groups in total.